The topological polar surface area (TPSA) is 20.3 Å². The third-order valence-electron chi connectivity index (χ3n) is 2.55. The van der Waals surface area contributed by atoms with Crippen molar-refractivity contribution in [2.24, 2.45) is 0 Å². The van der Waals surface area contributed by atoms with E-state index in [0.29, 0.717) is 6.54 Å². The number of benzene rings is 2. The molecule has 0 fully saturated rings. The zero-order valence-electron chi connectivity index (χ0n) is 10.9. The van der Waals surface area contributed by atoms with Crippen LogP contribution in [0.3, 0.4) is 0 Å². The van der Waals surface area contributed by atoms with E-state index < -0.39 is 0 Å². The molecule has 0 N–H and O–H groups in total. The molecule has 0 saturated carbocycles. The quantitative estimate of drug-likeness (QED) is 0.609. The summed E-state index contributed by atoms with van der Waals surface area (Å²) in [6, 6.07) is 19.8. The molecule has 20 heavy (non-hydrogen) atoms. The summed E-state index contributed by atoms with van der Waals surface area (Å²) in [6.45, 7) is 4.26. The van der Waals surface area contributed by atoms with Gasteiger partial charge in [-0.1, -0.05) is 0 Å². The van der Waals surface area contributed by atoms with Crippen LogP contribution in [-0.4, -0.2) is 25.6 Å². The number of hydrogen-bond acceptors (Lipinski definition) is 2. The third kappa shape index (κ3) is 4.27. The summed E-state index contributed by atoms with van der Waals surface area (Å²) >= 11 is 0.0898. The first-order valence-corrected chi connectivity index (χ1v) is 9.88. The fourth-order valence-electron chi connectivity index (χ4n) is 1.63. The van der Waals surface area contributed by atoms with Crippen molar-refractivity contribution in [1.29, 1.82) is 0 Å². The SMILES string of the molecule is C=CCN(C(=O)S[Se]c1ccccc1)c1ccccc1. The van der Waals surface area contributed by atoms with Crippen molar-refractivity contribution in [2.45, 2.75) is 0 Å². The number of amides is 1. The molecule has 2 aromatic rings. The molecule has 0 aromatic heterocycles. The first kappa shape index (κ1) is 14.9. The molecule has 0 atom stereocenters. The molecule has 1 amide bonds. The van der Waals surface area contributed by atoms with Crippen molar-refractivity contribution in [3.05, 3.63) is 73.3 Å². The normalized spacial score (nSPS) is 10.0. The summed E-state index contributed by atoms with van der Waals surface area (Å²) in [5.41, 5.74) is 0.911. The Bertz CT molecular complexity index is 559. The fraction of sp³-hybridized carbons (Fsp3) is 0.0625. The number of hydrogen-bond donors (Lipinski definition) is 0. The van der Waals surface area contributed by atoms with Gasteiger partial charge in [0.15, 0.2) is 0 Å². The third-order valence-corrected chi connectivity index (χ3v) is 6.40. The van der Waals surface area contributed by atoms with Crippen LogP contribution in [0, 0.1) is 0 Å². The van der Waals surface area contributed by atoms with Crippen LogP contribution in [-0.2, 0) is 0 Å². The number of carbonyl (C=O) groups is 1. The zero-order chi connectivity index (χ0) is 14.2. The van der Waals surface area contributed by atoms with Gasteiger partial charge < -0.3 is 0 Å². The van der Waals surface area contributed by atoms with Crippen molar-refractivity contribution >= 4 is 39.4 Å². The Morgan fingerprint density at radius 3 is 2.30 bits per heavy atom. The van der Waals surface area contributed by atoms with Gasteiger partial charge in [0.05, 0.1) is 0 Å². The van der Waals surface area contributed by atoms with Crippen LogP contribution in [0.5, 0.6) is 0 Å². The summed E-state index contributed by atoms with van der Waals surface area (Å²) in [4.78, 5) is 14.1. The molecule has 2 aromatic carbocycles. The van der Waals surface area contributed by atoms with E-state index in [1.165, 1.54) is 14.6 Å². The summed E-state index contributed by atoms with van der Waals surface area (Å²) in [6.07, 6.45) is 1.75. The van der Waals surface area contributed by atoms with Crippen LogP contribution in [0.2, 0.25) is 0 Å². The minimum atomic E-state index is 0.0694. The molecular weight excluding hydrogens is 333 g/mol. The van der Waals surface area contributed by atoms with Gasteiger partial charge in [0.25, 0.3) is 0 Å². The van der Waals surface area contributed by atoms with Crippen LogP contribution in [0.4, 0.5) is 10.5 Å². The standard InChI is InChI=1S/C16H15NOSSe/c1-2-13-17(14-9-5-3-6-10-14)16(18)19-20-15-11-7-4-8-12-15/h2-12H,1,13H2. The van der Waals surface area contributed by atoms with Crippen LogP contribution in [0.15, 0.2) is 73.3 Å². The number of para-hydroxylation sites is 1. The average Bonchev–Trinajstić information content (AvgIpc) is 2.52. The van der Waals surface area contributed by atoms with Gasteiger partial charge >= 0.3 is 129 Å². The second-order valence-electron chi connectivity index (χ2n) is 3.98. The molecule has 4 heteroatoms. The molecule has 0 aliphatic rings. The van der Waals surface area contributed by atoms with E-state index in [1.807, 2.05) is 48.5 Å². The summed E-state index contributed by atoms with van der Waals surface area (Å²) in [5.74, 6) is 0. The Hall–Kier alpha value is -1.48. The maximum absolute atomic E-state index is 12.4. The molecule has 0 aliphatic carbocycles. The van der Waals surface area contributed by atoms with Crippen molar-refractivity contribution in [3.63, 3.8) is 0 Å². The molecule has 0 aliphatic heterocycles. The fourth-order valence-corrected chi connectivity index (χ4v) is 4.83. The van der Waals surface area contributed by atoms with Gasteiger partial charge in [-0.05, 0) is 0 Å². The molecule has 0 heterocycles. The number of anilines is 1. The van der Waals surface area contributed by atoms with E-state index in [9.17, 15) is 4.79 Å². The predicted molar refractivity (Wildman–Crippen MR) is 88.8 cm³/mol. The Morgan fingerprint density at radius 2 is 1.70 bits per heavy atom. The first-order valence-electron chi connectivity index (χ1n) is 6.18. The van der Waals surface area contributed by atoms with E-state index in [2.05, 4.69) is 18.7 Å². The Labute approximate surface area is 129 Å². The second-order valence-corrected chi connectivity index (χ2v) is 7.75. The van der Waals surface area contributed by atoms with Gasteiger partial charge in [0, 0.05) is 0 Å². The Kier molecular flexibility index (Phi) is 5.93. The van der Waals surface area contributed by atoms with Gasteiger partial charge in [-0.25, -0.2) is 0 Å². The Morgan fingerprint density at radius 1 is 1.10 bits per heavy atom. The minimum absolute atomic E-state index is 0.0694. The maximum atomic E-state index is 12.4. The molecule has 0 unspecified atom stereocenters. The van der Waals surface area contributed by atoms with E-state index in [0.717, 1.165) is 5.69 Å². The average molecular weight is 348 g/mol. The van der Waals surface area contributed by atoms with Gasteiger partial charge in [-0.3, -0.25) is 0 Å². The molecule has 0 bridgehead atoms. The van der Waals surface area contributed by atoms with Crippen molar-refractivity contribution in [3.8, 4) is 0 Å². The molecular formula is C16H15NOSSe. The molecule has 0 saturated heterocycles. The number of rotatable bonds is 5. The van der Waals surface area contributed by atoms with Crippen molar-refractivity contribution in [2.75, 3.05) is 11.4 Å². The van der Waals surface area contributed by atoms with Crippen LogP contribution < -0.4 is 9.36 Å². The van der Waals surface area contributed by atoms with E-state index in [-0.39, 0.29) is 19.1 Å². The summed E-state index contributed by atoms with van der Waals surface area (Å²) < 4.78 is 1.21. The molecule has 2 nitrogen and oxygen atoms in total. The Balaban J connectivity index is 2.02. The molecule has 102 valence electrons. The first-order chi connectivity index (χ1) is 9.81. The number of carbonyl (C=O) groups excluding carboxylic acids is 1. The van der Waals surface area contributed by atoms with Gasteiger partial charge in [-0.15, -0.1) is 0 Å². The summed E-state index contributed by atoms with van der Waals surface area (Å²) in [7, 11) is 1.37. The van der Waals surface area contributed by atoms with Crippen molar-refractivity contribution in [1.82, 2.24) is 0 Å². The predicted octanol–water partition coefficient (Wildman–Crippen LogP) is 3.48. The van der Waals surface area contributed by atoms with Gasteiger partial charge in [-0.2, -0.15) is 0 Å². The molecule has 2 rings (SSSR count). The van der Waals surface area contributed by atoms with Crippen LogP contribution >= 0.6 is 10.2 Å². The van der Waals surface area contributed by atoms with E-state index >= 15 is 0 Å². The zero-order valence-corrected chi connectivity index (χ0v) is 13.5. The van der Waals surface area contributed by atoms with Crippen LogP contribution in [0.25, 0.3) is 0 Å². The summed E-state index contributed by atoms with van der Waals surface area (Å²) in [5, 5.41) is 0.0694. The van der Waals surface area contributed by atoms with E-state index in [4.69, 9.17) is 0 Å². The molecule has 0 spiro atoms. The second kappa shape index (κ2) is 7.95. The monoisotopic (exact) mass is 349 g/mol. The number of nitrogens with zero attached hydrogens (tertiary/aromatic N) is 1. The van der Waals surface area contributed by atoms with Crippen LogP contribution in [0.1, 0.15) is 0 Å². The van der Waals surface area contributed by atoms with Gasteiger partial charge in [0.1, 0.15) is 0 Å². The van der Waals surface area contributed by atoms with E-state index in [1.54, 1.807) is 11.0 Å². The molecule has 0 radical (unpaired) electrons. The van der Waals surface area contributed by atoms with Crippen molar-refractivity contribution < 1.29 is 4.79 Å². The van der Waals surface area contributed by atoms with Gasteiger partial charge in [0.2, 0.25) is 0 Å².